The van der Waals surface area contributed by atoms with E-state index in [1.165, 1.54) is 0 Å². The third-order valence-corrected chi connectivity index (χ3v) is 8.27. The van der Waals surface area contributed by atoms with Crippen molar-refractivity contribution in [3.8, 4) is 0 Å². The van der Waals surface area contributed by atoms with Crippen LogP contribution in [-0.2, 0) is 22.9 Å². The molecule has 0 aromatic carbocycles. The molecule has 35 heavy (non-hydrogen) atoms. The fourth-order valence-corrected chi connectivity index (χ4v) is 7.41. The summed E-state index contributed by atoms with van der Waals surface area (Å²) in [7, 11) is -7.57. The molecule has 2 rings (SSSR count). The number of aromatic nitrogens is 2. The molecule has 0 spiro atoms. The number of anilines is 1. The van der Waals surface area contributed by atoms with Gasteiger partial charge in [-0.05, 0) is 91.6 Å². The van der Waals surface area contributed by atoms with E-state index in [4.69, 9.17) is 32.5 Å². The summed E-state index contributed by atoms with van der Waals surface area (Å²) in [4.78, 5) is 10.3. The molecule has 4 atom stereocenters. The molecule has 1 aromatic rings. The summed E-state index contributed by atoms with van der Waals surface area (Å²) in [6.45, 7) is 28.5. The zero-order valence-electron chi connectivity index (χ0n) is 24.1. The molecule has 13 heteroatoms. The van der Waals surface area contributed by atoms with Crippen LogP contribution in [0.1, 0.15) is 13.2 Å². The number of ether oxygens (including phenoxy) is 1. The minimum absolute atomic E-state index is 0.344. The molecule has 1 aliphatic heterocycles. The van der Waals surface area contributed by atoms with Crippen molar-refractivity contribution >= 4 is 39.1 Å². The van der Waals surface area contributed by atoms with E-state index in [9.17, 15) is 0 Å². The number of rotatable bonds is 11. The van der Waals surface area contributed by atoms with Crippen LogP contribution in [0, 0.1) is 0 Å². The standard InChI is InChI=1S/C22H48N4O5Si4/c1-14-27-24-22-23-17(25-32(2,3)4)15-16-26(22)20-18(29-33(5,6)7)19(30-34(8,9)10)21(28-20)31-35(11,12)13/h15-16,18-21H,14H2,1-13H3,(H,23,24,25)/t18?,19?,20-,21-/m0/s1. The van der Waals surface area contributed by atoms with E-state index in [0.29, 0.717) is 18.0 Å². The highest BCUT2D eigenvalue weighted by molar-refractivity contribution is 6.74. The Bertz CT molecular complexity index is 903. The molecule has 2 unspecified atom stereocenters. The van der Waals surface area contributed by atoms with Crippen molar-refractivity contribution in [2.24, 2.45) is 4.66 Å². The maximum absolute atomic E-state index is 6.75. The fourth-order valence-electron chi connectivity index (χ4n) is 3.59. The van der Waals surface area contributed by atoms with Crippen LogP contribution >= 0.6 is 0 Å². The normalized spacial score (nSPS) is 24.8. The van der Waals surface area contributed by atoms with Gasteiger partial charge in [0.05, 0.1) is 6.61 Å². The lowest BCUT2D eigenvalue weighted by Gasteiger charge is -2.35. The van der Waals surface area contributed by atoms with Crippen LogP contribution < -0.4 is 11.0 Å². The van der Waals surface area contributed by atoms with Gasteiger partial charge in [0.1, 0.15) is 17.7 Å². The number of hydrogen-bond donors (Lipinski definition) is 1. The second kappa shape index (κ2) is 11.4. The van der Waals surface area contributed by atoms with Crippen LogP contribution in [0.3, 0.4) is 0 Å². The average molecular weight is 561 g/mol. The SMILES string of the molecule is CCONc1n/c(=N/[Si](C)(C)C)ccn1[C@H]1O[C@@H](O[Si](C)(C)C)C(O[Si](C)(C)C)C1O[Si](C)(C)C. The highest BCUT2D eigenvalue weighted by Crippen LogP contribution is 2.39. The first kappa shape index (κ1) is 30.6. The van der Waals surface area contributed by atoms with Gasteiger partial charge in [0, 0.05) is 6.20 Å². The molecule has 0 saturated carbocycles. The summed E-state index contributed by atoms with van der Waals surface area (Å²) < 4.78 is 33.3. The van der Waals surface area contributed by atoms with Gasteiger partial charge in [-0.1, -0.05) is 0 Å². The van der Waals surface area contributed by atoms with Gasteiger partial charge >= 0.3 is 0 Å². The molecule has 1 N–H and O–H groups in total. The first-order chi connectivity index (χ1) is 15.8. The number of hydrogen-bond acceptors (Lipinski definition) is 8. The van der Waals surface area contributed by atoms with Gasteiger partial charge in [0.25, 0.3) is 0 Å². The van der Waals surface area contributed by atoms with E-state index in [2.05, 4.69) is 84.0 Å². The Balaban J connectivity index is 2.63. The second-order valence-corrected chi connectivity index (χ2v) is 30.8. The van der Waals surface area contributed by atoms with Gasteiger partial charge in [0.2, 0.25) is 5.95 Å². The molecular weight excluding hydrogens is 513 g/mol. The molecule has 202 valence electrons. The zero-order chi connectivity index (χ0) is 26.8. The molecule has 0 bridgehead atoms. The van der Waals surface area contributed by atoms with Gasteiger partial charge in [-0.15, -0.1) is 0 Å². The van der Waals surface area contributed by atoms with E-state index >= 15 is 0 Å². The first-order valence-electron chi connectivity index (χ1n) is 12.5. The molecule has 0 aliphatic carbocycles. The molecule has 1 saturated heterocycles. The predicted molar refractivity (Wildman–Crippen MR) is 151 cm³/mol. The van der Waals surface area contributed by atoms with Gasteiger partial charge in [0.15, 0.2) is 45.7 Å². The molecule has 1 fully saturated rings. The molecule has 0 radical (unpaired) electrons. The van der Waals surface area contributed by atoms with Crippen molar-refractivity contribution in [2.75, 3.05) is 12.1 Å². The van der Waals surface area contributed by atoms with Crippen molar-refractivity contribution in [1.82, 2.24) is 9.55 Å². The quantitative estimate of drug-likeness (QED) is 0.296. The largest absolute Gasteiger partial charge is 0.407 e. The summed E-state index contributed by atoms with van der Waals surface area (Å²) in [5.74, 6) is 0.515. The molecule has 1 aromatic heterocycles. The van der Waals surface area contributed by atoms with Crippen LogP contribution in [-0.4, -0.2) is 67.8 Å². The molecule has 9 nitrogen and oxygen atoms in total. The Morgan fingerprint density at radius 2 is 1.43 bits per heavy atom. The Kier molecular flexibility index (Phi) is 9.95. The fraction of sp³-hybridized carbons (Fsp3) is 0.818. The summed E-state index contributed by atoms with van der Waals surface area (Å²) in [6, 6.07) is 1.92. The summed E-state index contributed by atoms with van der Waals surface area (Å²) >= 11 is 0. The Morgan fingerprint density at radius 1 is 0.886 bits per heavy atom. The van der Waals surface area contributed by atoms with Gasteiger partial charge < -0.3 is 22.7 Å². The zero-order valence-corrected chi connectivity index (χ0v) is 28.1. The maximum atomic E-state index is 6.75. The van der Waals surface area contributed by atoms with Crippen molar-refractivity contribution in [3.63, 3.8) is 0 Å². The lowest BCUT2D eigenvalue weighted by atomic mass is 10.2. The summed E-state index contributed by atoms with van der Waals surface area (Å²) in [5.41, 5.74) is 3.67. The maximum Gasteiger partial charge on any atom is 0.231 e. The Hall–Kier alpha value is -0.652. The molecule has 2 heterocycles. The lowest BCUT2D eigenvalue weighted by Crippen LogP contribution is -2.49. The van der Waals surface area contributed by atoms with Crippen LogP contribution in [0.2, 0.25) is 78.6 Å². The number of nitrogens with zero attached hydrogens (tertiary/aromatic N) is 3. The Morgan fingerprint density at radius 3 is 1.91 bits per heavy atom. The second-order valence-electron chi connectivity index (χ2n) is 12.8. The van der Waals surface area contributed by atoms with Gasteiger partial charge in [-0.3, -0.25) is 9.40 Å². The van der Waals surface area contributed by atoms with Crippen LogP contribution in [0.15, 0.2) is 16.9 Å². The van der Waals surface area contributed by atoms with E-state index in [-0.39, 0.29) is 12.2 Å². The lowest BCUT2D eigenvalue weighted by molar-refractivity contribution is -0.127. The average Bonchev–Trinajstić information content (AvgIpc) is 2.91. The van der Waals surface area contributed by atoms with Gasteiger partial charge in [-0.2, -0.15) is 4.98 Å². The third kappa shape index (κ3) is 10.3. The van der Waals surface area contributed by atoms with E-state index < -0.39 is 45.7 Å². The highest BCUT2D eigenvalue weighted by atomic mass is 28.4. The van der Waals surface area contributed by atoms with Crippen LogP contribution in [0.25, 0.3) is 0 Å². The topological polar surface area (TPSA) is 88.4 Å². The molecular formula is C22H48N4O5Si4. The highest BCUT2D eigenvalue weighted by Gasteiger charge is 2.52. The van der Waals surface area contributed by atoms with E-state index in [1.54, 1.807) is 0 Å². The van der Waals surface area contributed by atoms with Crippen molar-refractivity contribution in [2.45, 2.75) is 110 Å². The van der Waals surface area contributed by atoms with Crippen molar-refractivity contribution in [3.05, 3.63) is 17.8 Å². The van der Waals surface area contributed by atoms with Crippen LogP contribution in [0.4, 0.5) is 5.95 Å². The summed E-state index contributed by atoms with van der Waals surface area (Å²) in [6.07, 6.45) is 0.216. The predicted octanol–water partition coefficient (Wildman–Crippen LogP) is 5.13. The third-order valence-electron chi connectivity index (χ3n) is 4.48. The monoisotopic (exact) mass is 560 g/mol. The van der Waals surface area contributed by atoms with E-state index in [1.807, 2.05) is 23.8 Å². The first-order valence-corrected chi connectivity index (χ1v) is 26.2. The Labute approximate surface area is 216 Å². The van der Waals surface area contributed by atoms with E-state index in [0.717, 1.165) is 0 Å². The minimum atomic E-state index is -1.97. The molecule has 0 amide bonds. The molecule has 1 aliphatic rings. The minimum Gasteiger partial charge on any atom is -0.407 e. The smallest absolute Gasteiger partial charge is 0.231 e. The van der Waals surface area contributed by atoms with Gasteiger partial charge in [-0.25, -0.2) is 5.48 Å². The summed E-state index contributed by atoms with van der Waals surface area (Å²) in [5, 5.41) is 0. The van der Waals surface area contributed by atoms with Crippen LogP contribution in [0.5, 0.6) is 0 Å². The van der Waals surface area contributed by atoms with Crippen molar-refractivity contribution in [1.29, 1.82) is 0 Å². The number of nitrogens with one attached hydrogen (secondary N) is 1. The van der Waals surface area contributed by atoms with Crippen molar-refractivity contribution < 1.29 is 22.9 Å².